The van der Waals surface area contributed by atoms with Gasteiger partial charge < -0.3 is 10.2 Å². The average Bonchev–Trinajstić information content (AvgIpc) is 3.17. The number of nitriles is 1. The summed E-state index contributed by atoms with van der Waals surface area (Å²) in [5, 5.41) is 16.5. The third-order valence-corrected chi connectivity index (χ3v) is 5.97. The van der Waals surface area contributed by atoms with Gasteiger partial charge >= 0.3 is 0 Å². The number of pyridine rings is 1. The van der Waals surface area contributed by atoms with Crippen LogP contribution in [-0.4, -0.2) is 40.3 Å². The minimum Gasteiger partial charge on any atom is -0.357 e. The maximum Gasteiger partial charge on any atom is 0.223 e. The summed E-state index contributed by atoms with van der Waals surface area (Å²) < 4.78 is 1.95. The molecule has 0 unspecified atom stereocenters. The maximum absolute atomic E-state index is 12.6. The number of piperidine rings is 1. The first-order valence-electron chi connectivity index (χ1n) is 11.0. The Bertz CT molecular complexity index is 1100. The van der Waals surface area contributed by atoms with Crippen molar-refractivity contribution in [1.82, 2.24) is 20.1 Å². The van der Waals surface area contributed by atoms with Crippen LogP contribution in [0, 0.1) is 31.1 Å². The van der Waals surface area contributed by atoms with E-state index in [9.17, 15) is 4.79 Å². The van der Waals surface area contributed by atoms with Crippen molar-refractivity contribution in [3.63, 3.8) is 0 Å². The Hall–Kier alpha value is -3.66. The second kappa shape index (κ2) is 9.65. The SMILES string of the molecule is Cc1cc(C)n(-c2ccc(CCNC(=O)C3CCN(c4ccc(C#N)cn4)CC3)cc2)n1. The molecule has 1 aromatic carbocycles. The van der Waals surface area contributed by atoms with Crippen molar-refractivity contribution in [3.05, 3.63) is 71.2 Å². The molecule has 0 spiro atoms. The molecule has 7 nitrogen and oxygen atoms in total. The van der Waals surface area contributed by atoms with Gasteiger partial charge in [-0.3, -0.25) is 4.79 Å². The first kappa shape index (κ1) is 21.6. The minimum atomic E-state index is 0.0398. The number of aromatic nitrogens is 3. The molecule has 1 amide bonds. The normalized spacial score (nSPS) is 14.2. The smallest absolute Gasteiger partial charge is 0.223 e. The van der Waals surface area contributed by atoms with Gasteiger partial charge in [0.05, 0.1) is 16.9 Å². The minimum absolute atomic E-state index is 0.0398. The summed E-state index contributed by atoms with van der Waals surface area (Å²) in [6.45, 7) is 6.27. The fourth-order valence-corrected chi connectivity index (χ4v) is 4.18. The van der Waals surface area contributed by atoms with Crippen molar-refractivity contribution < 1.29 is 4.79 Å². The maximum atomic E-state index is 12.6. The predicted molar refractivity (Wildman–Crippen MR) is 124 cm³/mol. The summed E-state index contributed by atoms with van der Waals surface area (Å²) >= 11 is 0. The highest BCUT2D eigenvalue weighted by Crippen LogP contribution is 2.22. The fraction of sp³-hybridized carbons (Fsp3) is 0.360. The topological polar surface area (TPSA) is 86.8 Å². The van der Waals surface area contributed by atoms with Crippen LogP contribution in [0.15, 0.2) is 48.7 Å². The molecule has 7 heteroatoms. The Labute approximate surface area is 188 Å². The zero-order valence-electron chi connectivity index (χ0n) is 18.6. The Balaban J connectivity index is 1.22. The first-order chi connectivity index (χ1) is 15.5. The van der Waals surface area contributed by atoms with E-state index in [0.717, 1.165) is 55.2 Å². The van der Waals surface area contributed by atoms with Gasteiger partial charge in [0.25, 0.3) is 0 Å². The van der Waals surface area contributed by atoms with Gasteiger partial charge in [-0.1, -0.05) is 12.1 Å². The average molecular weight is 429 g/mol. The molecule has 1 N–H and O–H groups in total. The zero-order valence-corrected chi connectivity index (χ0v) is 18.6. The van der Waals surface area contributed by atoms with Crippen LogP contribution in [0.2, 0.25) is 0 Å². The molecule has 32 heavy (non-hydrogen) atoms. The van der Waals surface area contributed by atoms with Crippen molar-refractivity contribution in [1.29, 1.82) is 5.26 Å². The molecule has 0 atom stereocenters. The molecule has 3 heterocycles. The molecule has 4 rings (SSSR count). The summed E-state index contributed by atoms with van der Waals surface area (Å²) in [7, 11) is 0. The van der Waals surface area contributed by atoms with Gasteiger partial charge in [-0.05, 0) is 69.0 Å². The lowest BCUT2D eigenvalue weighted by atomic mass is 9.96. The van der Waals surface area contributed by atoms with Gasteiger partial charge in [0.15, 0.2) is 0 Å². The largest absolute Gasteiger partial charge is 0.357 e. The van der Waals surface area contributed by atoms with Crippen molar-refractivity contribution in [2.75, 3.05) is 24.5 Å². The van der Waals surface area contributed by atoms with E-state index in [0.29, 0.717) is 12.1 Å². The lowest BCUT2D eigenvalue weighted by molar-refractivity contribution is -0.125. The third-order valence-electron chi connectivity index (χ3n) is 5.97. The molecule has 164 valence electrons. The Kier molecular flexibility index (Phi) is 6.50. The van der Waals surface area contributed by atoms with Gasteiger partial charge in [-0.15, -0.1) is 0 Å². The number of aryl methyl sites for hydroxylation is 2. The molecule has 3 aromatic rings. The highest BCUT2D eigenvalue weighted by molar-refractivity contribution is 5.79. The van der Waals surface area contributed by atoms with E-state index >= 15 is 0 Å². The molecule has 1 saturated heterocycles. The third kappa shape index (κ3) is 4.97. The molecule has 1 aliphatic rings. The van der Waals surface area contributed by atoms with Gasteiger partial charge in [-0.2, -0.15) is 10.4 Å². The summed E-state index contributed by atoms with van der Waals surface area (Å²) in [5.74, 6) is 1.04. The van der Waals surface area contributed by atoms with Gasteiger partial charge in [0.2, 0.25) is 5.91 Å². The molecular formula is C25H28N6O. The Morgan fingerprint density at radius 1 is 1.16 bits per heavy atom. The summed E-state index contributed by atoms with van der Waals surface area (Å²) in [5.41, 5.74) is 4.92. The lowest BCUT2D eigenvalue weighted by Crippen LogP contribution is -2.41. The van der Waals surface area contributed by atoms with Crippen LogP contribution in [0.25, 0.3) is 5.69 Å². The number of hydrogen-bond donors (Lipinski definition) is 1. The van der Waals surface area contributed by atoms with Crippen LogP contribution < -0.4 is 10.2 Å². The fourth-order valence-electron chi connectivity index (χ4n) is 4.18. The molecule has 0 aliphatic carbocycles. The van der Waals surface area contributed by atoms with Crippen LogP contribution in [-0.2, 0) is 11.2 Å². The van der Waals surface area contributed by atoms with E-state index < -0.39 is 0 Å². The second-order valence-electron chi connectivity index (χ2n) is 8.32. The second-order valence-corrected chi connectivity index (χ2v) is 8.32. The lowest BCUT2D eigenvalue weighted by Gasteiger charge is -2.32. The quantitative estimate of drug-likeness (QED) is 0.651. The Morgan fingerprint density at radius 3 is 2.50 bits per heavy atom. The van der Waals surface area contributed by atoms with Crippen molar-refractivity contribution in [3.8, 4) is 11.8 Å². The number of nitrogens with zero attached hydrogens (tertiary/aromatic N) is 5. The number of amides is 1. The van der Waals surface area contributed by atoms with Gasteiger partial charge in [0, 0.05) is 37.4 Å². The van der Waals surface area contributed by atoms with Crippen molar-refractivity contribution >= 4 is 11.7 Å². The molecule has 1 fully saturated rings. The summed E-state index contributed by atoms with van der Waals surface area (Å²) in [6.07, 6.45) is 4.02. The summed E-state index contributed by atoms with van der Waals surface area (Å²) in [6, 6.07) is 16.1. The van der Waals surface area contributed by atoms with E-state index in [2.05, 4.69) is 63.6 Å². The highest BCUT2D eigenvalue weighted by Gasteiger charge is 2.25. The molecule has 2 aromatic heterocycles. The first-order valence-corrected chi connectivity index (χ1v) is 11.0. The number of anilines is 1. The van der Waals surface area contributed by atoms with E-state index in [-0.39, 0.29) is 11.8 Å². The summed E-state index contributed by atoms with van der Waals surface area (Å²) in [4.78, 5) is 19.1. The van der Waals surface area contributed by atoms with E-state index in [4.69, 9.17) is 5.26 Å². The van der Waals surface area contributed by atoms with E-state index in [1.54, 1.807) is 12.3 Å². The van der Waals surface area contributed by atoms with Crippen LogP contribution in [0.1, 0.15) is 35.4 Å². The van der Waals surface area contributed by atoms with Crippen LogP contribution in [0.4, 0.5) is 5.82 Å². The standard InChI is InChI=1S/C25H28N6O/c1-18-15-19(2)31(29-18)23-6-3-20(4-7-23)9-12-27-25(32)22-10-13-30(14-11-22)24-8-5-21(16-26)17-28-24/h3-8,15,17,22H,9-14H2,1-2H3,(H,27,32). The molecular weight excluding hydrogens is 400 g/mol. The van der Waals surface area contributed by atoms with Crippen molar-refractivity contribution in [2.45, 2.75) is 33.1 Å². The van der Waals surface area contributed by atoms with Gasteiger partial charge in [-0.25, -0.2) is 9.67 Å². The predicted octanol–water partition coefficient (Wildman–Crippen LogP) is 3.33. The number of carbonyl (C=O) groups is 1. The molecule has 0 radical (unpaired) electrons. The van der Waals surface area contributed by atoms with E-state index in [1.807, 2.05) is 17.7 Å². The molecule has 0 bridgehead atoms. The van der Waals surface area contributed by atoms with Crippen LogP contribution in [0.3, 0.4) is 0 Å². The molecule has 1 aliphatic heterocycles. The Morgan fingerprint density at radius 2 is 1.91 bits per heavy atom. The number of carbonyl (C=O) groups excluding carboxylic acids is 1. The number of benzene rings is 1. The van der Waals surface area contributed by atoms with E-state index in [1.165, 1.54) is 5.56 Å². The number of hydrogen-bond acceptors (Lipinski definition) is 5. The van der Waals surface area contributed by atoms with Gasteiger partial charge in [0.1, 0.15) is 11.9 Å². The highest BCUT2D eigenvalue weighted by atomic mass is 16.1. The zero-order chi connectivity index (χ0) is 22.5. The van der Waals surface area contributed by atoms with Crippen LogP contribution in [0.5, 0.6) is 0 Å². The monoisotopic (exact) mass is 428 g/mol. The number of rotatable bonds is 6. The molecule has 0 saturated carbocycles. The van der Waals surface area contributed by atoms with Crippen LogP contribution >= 0.6 is 0 Å². The van der Waals surface area contributed by atoms with Crippen molar-refractivity contribution in [2.24, 2.45) is 5.92 Å². The number of nitrogens with one attached hydrogen (secondary N) is 1.